The monoisotopic (exact) mass is 556 g/mol. The molecule has 2 aromatic heterocycles. The summed E-state index contributed by atoms with van der Waals surface area (Å²) in [5, 5.41) is 2.64. The number of fused-ring (bicyclic) bond motifs is 3. The lowest BCUT2D eigenvalue weighted by Gasteiger charge is -2.07. The molecule has 0 unspecified atom stereocenters. The van der Waals surface area contributed by atoms with Gasteiger partial charge in [-0.2, -0.15) is 0 Å². The minimum Gasteiger partial charge on any atom is -0.253 e. The molecule has 198 valence electrons. The molecule has 0 amide bonds. The quantitative estimate of drug-likeness (QED) is 0.140. The van der Waals surface area contributed by atoms with E-state index in [-0.39, 0.29) is 0 Å². The van der Waals surface area contributed by atoms with Crippen molar-refractivity contribution >= 4 is 67.6 Å². The van der Waals surface area contributed by atoms with Gasteiger partial charge in [-0.25, -0.2) is 0 Å². The summed E-state index contributed by atoms with van der Waals surface area (Å²) in [6.45, 7) is 12.6. The van der Waals surface area contributed by atoms with Crippen molar-refractivity contribution in [3.63, 3.8) is 0 Å². The molecular weight excluding hydrogens is 525 g/mol. The molecule has 0 N–H and O–H groups in total. The van der Waals surface area contributed by atoms with Crippen LogP contribution in [0.15, 0.2) is 107 Å². The summed E-state index contributed by atoms with van der Waals surface area (Å²) in [6.07, 6.45) is 18.1. The Kier molecular flexibility index (Phi) is 8.59. The van der Waals surface area contributed by atoms with Gasteiger partial charge in [0.2, 0.25) is 0 Å². The van der Waals surface area contributed by atoms with Crippen molar-refractivity contribution in [2.45, 2.75) is 32.6 Å². The van der Waals surface area contributed by atoms with Gasteiger partial charge in [-0.1, -0.05) is 84.6 Å². The average Bonchev–Trinajstić information content (AvgIpc) is 3.29. The van der Waals surface area contributed by atoms with Crippen LogP contribution in [-0.4, -0.2) is 9.97 Å². The molecule has 2 nitrogen and oxygen atoms in total. The molecule has 0 fully saturated rings. The second kappa shape index (κ2) is 12.5. The minimum atomic E-state index is 0.822. The summed E-state index contributed by atoms with van der Waals surface area (Å²) in [7, 11) is 0. The Morgan fingerprint density at radius 3 is 2.10 bits per heavy atom. The minimum absolute atomic E-state index is 0.822. The maximum atomic E-state index is 4.60. The smallest absolute Gasteiger partial charge is 0.0813 e. The van der Waals surface area contributed by atoms with Crippen LogP contribution in [0.25, 0.3) is 44.5 Å². The molecule has 2 heterocycles. The van der Waals surface area contributed by atoms with Gasteiger partial charge in [0, 0.05) is 30.0 Å². The molecule has 5 rings (SSSR count). The van der Waals surface area contributed by atoms with E-state index in [9.17, 15) is 0 Å². The van der Waals surface area contributed by atoms with Gasteiger partial charge in [0.05, 0.1) is 23.8 Å². The highest BCUT2D eigenvalue weighted by atomic mass is 32.2. The van der Waals surface area contributed by atoms with Gasteiger partial charge in [0.15, 0.2) is 0 Å². The van der Waals surface area contributed by atoms with Crippen LogP contribution in [0.5, 0.6) is 0 Å². The van der Waals surface area contributed by atoms with E-state index in [1.54, 1.807) is 11.8 Å². The highest BCUT2D eigenvalue weighted by Gasteiger charge is 2.06. The highest BCUT2D eigenvalue weighted by molar-refractivity contribution is 8.03. The maximum absolute atomic E-state index is 4.60. The molecule has 0 atom stereocenters. The fourth-order valence-corrected chi connectivity index (χ4v) is 6.66. The molecule has 0 aliphatic rings. The van der Waals surface area contributed by atoms with E-state index < -0.39 is 0 Å². The first-order chi connectivity index (χ1) is 19.4. The van der Waals surface area contributed by atoms with Crippen molar-refractivity contribution < 1.29 is 0 Å². The van der Waals surface area contributed by atoms with Crippen LogP contribution in [0.4, 0.5) is 0 Å². The number of rotatable bonds is 8. The molecule has 0 bridgehead atoms. The summed E-state index contributed by atoms with van der Waals surface area (Å²) in [5.41, 5.74) is 7.65. The second-order valence-corrected chi connectivity index (χ2v) is 12.1. The number of nitrogens with zero attached hydrogens (tertiary/aromatic N) is 2. The third kappa shape index (κ3) is 6.77. The summed E-state index contributed by atoms with van der Waals surface area (Å²) >= 11 is 3.54. The molecule has 0 aliphatic heterocycles. The topological polar surface area (TPSA) is 25.8 Å². The van der Waals surface area contributed by atoms with E-state index >= 15 is 0 Å². The number of aromatic nitrogens is 2. The van der Waals surface area contributed by atoms with Crippen molar-refractivity contribution in [1.29, 1.82) is 0 Å². The summed E-state index contributed by atoms with van der Waals surface area (Å²) in [5.74, 6) is 0. The van der Waals surface area contributed by atoms with Crippen molar-refractivity contribution in [3.05, 3.63) is 136 Å². The Morgan fingerprint density at radius 1 is 0.800 bits per heavy atom. The van der Waals surface area contributed by atoms with Crippen LogP contribution in [-0.2, 0) is 0 Å². The molecule has 3 aromatic carbocycles. The standard InChI is InChI=1S/C36H32N2S2/c1-6-7-24(2)18-27(5)39-34-20-28(10-9-26(34)4)11-14-30-22-38-31(23-37-30)15-12-29-13-17-33-32-16-8-25(3)19-35(32)40-36(33)21-29/h6-23H,5H2,1-4H3/b7-6-,14-11+,15-12+,24-18-. The second-order valence-electron chi connectivity index (χ2n) is 9.87. The molecule has 0 spiro atoms. The Hall–Kier alpha value is -3.99. The zero-order valence-electron chi connectivity index (χ0n) is 23.3. The summed E-state index contributed by atoms with van der Waals surface area (Å²) in [4.78, 5) is 11.4. The normalized spacial score (nSPS) is 12.6. The molecule has 40 heavy (non-hydrogen) atoms. The summed E-state index contributed by atoms with van der Waals surface area (Å²) < 4.78 is 2.64. The Labute approximate surface area is 245 Å². The number of hydrogen-bond acceptors (Lipinski definition) is 4. The largest absolute Gasteiger partial charge is 0.253 e. The number of thioether (sulfide) groups is 1. The predicted octanol–water partition coefficient (Wildman–Crippen LogP) is 10.9. The van der Waals surface area contributed by atoms with Gasteiger partial charge in [-0.05, 0) is 86.4 Å². The zero-order chi connectivity index (χ0) is 28.1. The molecule has 0 radical (unpaired) electrons. The van der Waals surface area contributed by atoms with E-state index in [1.165, 1.54) is 41.8 Å². The number of benzene rings is 3. The number of allylic oxidation sites excluding steroid dienone is 4. The Morgan fingerprint density at radius 2 is 1.43 bits per heavy atom. The van der Waals surface area contributed by atoms with Gasteiger partial charge >= 0.3 is 0 Å². The van der Waals surface area contributed by atoms with Gasteiger partial charge in [0.25, 0.3) is 0 Å². The van der Waals surface area contributed by atoms with E-state index in [4.69, 9.17) is 0 Å². The van der Waals surface area contributed by atoms with E-state index in [0.717, 1.165) is 27.4 Å². The number of hydrogen-bond donors (Lipinski definition) is 0. The van der Waals surface area contributed by atoms with Crippen molar-refractivity contribution in [2.75, 3.05) is 0 Å². The molecule has 0 aliphatic carbocycles. The van der Waals surface area contributed by atoms with Crippen molar-refractivity contribution in [2.24, 2.45) is 0 Å². The van der Waals surface area contributed by atoms with Crippen molar-refractivity contribution in [3.8, 4) is 0 Å². The first kappa shape index (κ1) is 27.6. The van der Waals surface area contributed by atoms with Crippen LogP contribution in [0.3, 0.4) is 0 Å². The third-order valence-corrected chi connectivity index (χ3v) is 8.66. The Bertz CT molecular complexity index is 1820. The van der Waals surface area contributed by atoms with Gasteiger partial charge < -0.3 is 0 Å². The predicted molar refractivity (Wildman–Crippen MR) is 179 cm³/mol. The SMILES string of the molecule is C=C(/C=C(C)\C=C/C)Sc1cc(/C=C/c2cnc(/C=C/c3ccc4c(c3)sc3cc(C)ccc34)cn2)ccc1C. The Balaban J connectivity index is 1.26. The van der Waals surface area contributed by atoms with E-state index in [1.807, 2.05) is 48.9 Å². The lowest BCUT2D eigenvalue weighted by atomic mass is 10.1. The zero-order valence-corrected chi connectivity index (χ0v) is 24.9. The van der Waals surface area contributed by atoms with Crippen LogP contribution in [0.1, 0.15) is 47.5 Å². The van der Waals surface area contributed by atoms with Gasteiger partial charge in [-0.3, -0.25) is 9.97 Å². The van der Waals surface area contributed by atoms with Crippen LogP contribution < -0.4 is 0 Å². The van der Waals surface area contributed by atoms with E-state index in [0.29, 0.717) is 0 Å². The van der Waals surface area contributed by atoms with Gasteiger partial charge in [-0.15, -0.1) is 11.3 Å². The average molecular weight is 557 g/mol. The number of thiophene rings is 1. The van der Waals surface area contributed by atoms with Crippen LogP contribution in [0.2, 0.25) is 0 Å². The highest BCUT2D eigenvalue weighted by Crippen LogP contribution is 2.35. The number of aryl methyl sites for hydroxylation is 2. The van der Waals surface area contributed by atoms with Gasteiger partial charge in [0.1, 0.15) is 0 Å². The molecule has 0 saturated carbocycles. The summed E-state index contributed by atoms with van der Waals surface area (Å²) in [6, 6.07) is 19.8. The van der Waals surface area contributed by atoms with E-state index in [2.05, 4.69) is 116 Å². The maximum Gasteiger partial charge on any atom is 0.0813 e. The van der Waals surface area contributed by atoms with Crippen LogP contribution >= 0.6 is 23.1 Å². The fraction of sp³-hybridized carbons (Fsp3) is 0.111. The third-order valence-electron chi connectivity index (χ3n) is 6.51. The molecule has 5 aromatic rings. The lowest BCUT2D eigenvalue weighted by Crippen LogP contribution is -1.87. The molecular formula is C36H32N2S2. The fourth-order valence-electron chi connectivity index (χ4n) is 4.45. The first-order valence-corrected chi connectivity index (χ1v) is 14.9. The van der Waals surface area contributed by atoms with Crippen molar-refractivity contribution in [1.82, 2.24) is 9.97 Å². The molecule has 4 heteroatoms. The van der Waals surface area contributed by atoms with Crippen LogP contribution in [0, 0.1) is 13.8 Å². The first-order valence-electron chi connectivity index (χ1n) is 13.3. The lowest BCUT2D eigenvalue weighted by molar-refractivity contribution is 1.16. The molecule has 0 saturated heterocycles.